The molecular formula is C13H21BrN2O2S. The second-order valence-corrected chi connectivity index (χ2v) is 5.87. The Morgan fingerprint density at radius 1 is 1.53 bits per heavy atom. The third-order valence-corrected chi connectivity index (χ3v) is 4.95. The summed E-state index contributed by atoms with van der Waals surface area (Å²) >= 11 is 5.01. The zero-order chi connectivity index (χ0) is 14.3. The first-order chi connectivity index (χ1) is 9.13. The van der Waals surface area contributed by atoms with E-state index in [2.05, 4.69) is 40.0 Å². The highest BCUT2D eigenvalue weighted by atomic mass is 79.9. The molecule has 1 aromatic rings. The summed E-state index contributed by atoms with van der Waals surface area (Å²) in [6.45, 7) is 7.98. The van der Waals surface area contributed by atoms with Crippen LogP contribution in [0.3, 0.4) is 0 Å². The maximum absolute atomic E-state index is 11.9. The van der Waals surface area contributed by atoms with Gasteiger partial charge in [0.25, 0.3) is 0 Å². The van der Waals surface area contributed by atoms with Crippen LogP contribution in [0.4, 0.5) is 0 Å². The van der Waals surface area contributed by atoms with Crippen molar-refractivity contribution < 1.29 is 9.53 Å². The molecule has 1 rings (SSSR count). The Morgan fingerprint density at radius 2 is 2.21 bits per heavy atom. The number of nitrogens with one attached hydrogen (secondary N) is 1. The lowest BCUT2D eigenvalue weighted by molar-refractivity contribution is -0.143. The topological polar surface area (TPSA) is 41.6 Å². The van der Waals surface area contributed by atoms with Crippen LogP contribution < -0.4 is 5.32 Å². The average Bonchev–Trinajstić information content (AvgIpc) is 2.84. The lowest BCUT2D eigenvalue weighted by Gasteiger charge is -2.21. The molecule has 0 aliphatic carbocycles. The summed E-state index contributed by atoms with van der Waals surface area (Å²) in [5.41, 5.74) is 0. The lowest BCUT2D eigenvalue weighted by atomic mass is 10.2. The Bertz CT molecular complexity index is 394. The van der Waals surface area contributed by atoms with Crippen molar-refractivity contribution in [1.29, 1.82) is 0 Å². The van der Waals surface area contributed by atoms with Crippen molar-refractivity contribution in [2.45, 2.75) is 19.9 Å². The van der Waals surface area contributed by atoms with E-state index in [1.54, 1.807) is 11.3 Å². The van der Waals surface area contributed by atoms with E-state index in [0.717, 1.165) is 35.5 Å². The summed E-state index contributed by atoms with van der Waals surface area (Å²) in [7, 11) is 1.42. The van der Waals surface area contributed by atoms with E-state index in [1.807, 2.05) is 11.4 Å². The zero-order valence-corrected chi connectivity index (χ0v) is 14.0. The van der Waals surface area contributed by atoms with Crippen molar-refractivity contribution in [1.82, 2.24) is 10.2 Å². The third-order valence-electron chi connectivity index (χ3n) is 3.01. The number of rotatable bonds is 8. The maximum Gasteiger partial charge on any atom is 0.328 e. The standard InChI is InChI=1S/C13H21BrN2O2S/c1-4-16(5-2)8-7-15-11(13(17)18-3)12-10(14)6-9-19-12/h6,9,11,15H,4-5,7-8H2,1-3H3. The largest absolute Gasteiger partial charge is 0.468 e. The molecule has 0 aliphatic heterocycles. The van der Waals surface area contributed by atoms with Crippen LogP contribution in [-0.2, 0) is 9.53 Å². The van der Waals surface area contributed by atoms with Crippen molar-refractivity contribution in [2.24, 2.45) is 0 Å². The molecule has 108 valence electrons. The Morgan fingerprint density at radius 3 is 2.68 bits per heavy atom. The summed E-state index contributed by atoms with van der Waals surface area (Å²) in [5, 5.41) is 5.24. The number of carbonyl (C=O) groups is 1. The molecule has 0 radical (unpaired) electrons. The highest BCUT2D eigenvalue weighted by molar-refractivity contribution is 9.10. The van der Waals surface area contributed by atoms with E-state index in [-0.39, 0.29) is 5.97 Å². The monoisotopic (exact) mass is 348 g/mol. The van der Waals surface area contributed by atoms with Gasteiger partial charge >= 0.3 is 5.97 Å². The molecule has 0 aliphatic rings. The van der Waals surface area contributed by atoms with Crippen LogP contribution >= 0.6 is 27.3 Å². The van der Waals surface area contributed by atoms with Gasteiger partial charge in [-0.05, 0) is 40.5 Å². The number of ether oxygens (including phenoxy) is 1. The summed E-state index contributed by atoms with van der Waals surface area (Å²) in [5.74, 6) is -0.248. The summed E-state index contributed by atoms with van der Waals surface area (Å²) in [6, 6.07) is 1.55. The second kappa shape index (κ2) is 8.68. The molecule has 0 bridgehead atoms. The van der Waals surface area contributed by atoms with Gasteiger partial charge in [0.2, 0.25) is 0 Å². The van der Waals surface area contributed by atoms with Gasteiger partial charge in [-0.3, -0.25) is 5.32 Å². The minimum Gasteiger partial charge on any atom is -0.468 e. The number of methoxy groups -OCH3 is 1. The van der Waals surface area contributed by atoms with Gasteiger partial charge < -0.3 is 9.64 Å². The van der Waals surface area contributed by atoms with E-state index in [1.165, 1.54) is 7.11 Å². The van der Waals surface area contributed by atoms with Crippen molar-refractivity contribution >= 4 is 33.2 Å². The number of nitrogens with zero attached hydrogens (tertiary/aromatic N) is 1. The first kappa shape index (κ1) is 16.6. The molecule has 0 fully saturated rings. The highest BCUT2D eigenvalue weighted by Gasteiger charge is 2.24. The third kappa shape index (κ3) is 4.87. The Kier molecular flexibility index (Phi) is 7.60. The quantitative estimate of drug-likeness (QED) is 0.733. The summed E-state index contributed by atoms with van der Waals surface area (Å²) in [6.07, 6.45) is 0. The van der Waals surface area contributed by atoms with Gasteiger partial charge in [0, 0.05) is 22.4 Å². The van der Waals surface area contributed by atoms with Crippen LogP contribution in [-0.4, -0.2) is 44.2 Å². The minimum atomic E-state index is -0.394. The van der Waals surface area contributed by atoms with Crippen molar-refractivity contribution in [3.05, 3.63) is 20.8 Å². The molecule has 0 spiro atoms. The molecule has 4 nitrogen and oxygen atoms in total. The minimum absolute atomic E-state index is 0.248. The number of esters is 1. The van der Waals surface area contributed by atoms with Gasteiger partial charge in [-0.1, -0.05) is 13.8 Å². The predicted molar refractivity (Wildman–Crippen MR) is 82.6 cm³/mol. The fourth-order valence-electron chi connectivity index (χ4n) is 1.82. The van der Waals surface area contributed by atoms with Crippen LogP contribution in [0.15, 0.2) is 15.9 Å². The number of thiophene rings is 1. The van der Waals surface area contributed by atoms with Gasteiger partial charge in [0.1, 0.15) is 6.04 Å². The Hall–Kier alpha value is -0.430. The molecule has 19 heavy (non-hydrogen) atoms. The summed E-state index contributed by atoms with van der Waals surface area (Å²) in [4.78, 5) is 15.1. The number of carbonyl (C=O) groups excluding carboxylic acids is 1. The number of halogens is 1. The van der Waals surface area contributed by atoms with Crippen LogP contribution in [0, 0.1) is 0 Å². The van der Waals surface area contributed by atoms with Crippen molar-refractivity contribution in [2.75, 3.05) is 33.3 Å². The smallest absolute Gasteiger partial charge is 0.328 e. The van der Waals surface area contributed by atoms with Crippen molar-refractivity contribution in [3.8, 4) is 0 Å². The Labute approximate surface area is 127 Å². The molecule has 1 heterocycles. The molecule has 1 aromatic heterocycles. The normalized spacial score (nSPS) is 12.7. The SMILES string of the molecule is CCN(CC)CCNC(C(=O)OC)c1sccc1Br. The van der Waals surface area contributed by atoms with Gasteiger partial charge in [-0.2, -0.15) is 0 Å². The first-order valence-electron chi connectivity index (χ1n) is 6.40. The van der Waals surface area contributed by atoms with Gasteiger partial charge in [0.15, 0.2) is 0 Å². The molecule has 1 unspecified atom stereocenters. The van der Waals surface area contributed by atoms with Gasteiger partial charge in [-0.25, -0.2) is 4.79 Å². The highest BCUT2D eigenvalue weighted by Crippen LogP contribution is 2.29. The second-order valence-electron chi connectivity index (χ2n) is 4.07. The fraction of sp³-hybridized carbons (Fsp3) is 0.615. The van der Waals surface area contributed by atoms with E-state index in [9.17, 15) is 4.79 Å². The summed E-state index contributed by atoms with van der Waals surface area (Å²) < 4.78 is 5.82. The zero-order valence-electron chi connectivity index (χ0n) is 11.6. The van der Waals surface area contributed by atoms with E-state index in [4.69, 9.17) is 4.74 Å². The predicted octanol–water partition coefficient (Wildman–Crippen LogP) is 2.66. The molecule has 1 atom stereocenters. The number of likely N-dealkylation sites (N-methyl/N-ethyl adjacent to an activating group) is 1. The van der Waals surface area contributed by atoms with E-state index in [0.29, 0.717) is 0 Å². The average molecular weight is 349 g/mol. The lowest BCUT2D eigenvalue weighted by Crippen LogP contribution is -2.36. The first-order valence-corrected chi connectivity index (χ1v) is 8.07. The van der Waals surface area contributed by atoms with E-state index < -0.39 is 6.04 Å². The number of hydrogen-bond acceptors (Lipinski definition) is 5. The van der Waals surface area contributed by atoms with Crippen molar-refractivity contribution in [3.63, 3.8) is 0 Å². The Balaban J connectivity index is 2.62. The molecule has 6 heteroatoms. The molecule has 0 saturated carbocycles. The molecule has 0 aromatic carbocycles. The van der Waals surface area contributed by atoms with Crippen LogP contribution in [0.25, 0.3) is 0 Å². The maximum atomic E-state index is 11.9. The van der Waals surface area contributed by atoms with Gasteiger partial charge in [0.05, 0.1) is 7.11 Å². The number of hydrogen-bond donors (Lipinski definition) is 1. The van der Waals surface area contributed by atoms with E-state index >= 15 is 0 Å². The van der Waals surface area contributed by atoms with Gasteiger partial charge in [-0.15, -0.1) is 11.3 Å². The molecular weight excluding hydrogens is 328 g/mol. The molecule has 1 N–H and O–H groups in total. The molecule has 0 amide bonds. The van der Waals surface area contributed by atoms with Crippen LogP contribution in [0.1, 0.15) is 24.8 Å². The fourth-order valence-corrected chi connectivity index (χ4v) is 3.48. The molecule has 0 saturated heterocycles. The van der Waals surface area contributed by atoms with Crippen LogP contribution in [0.2, 0.25) is 0 Å². The van der Waals surface area contributed by atoms with Crippen LogP contribution in [0.5, 0.6) is 0 Å².